The second kappa shape index (κ2) is 8.56. The number of hydrogen-bond acceptors (Lipinski definition) is 7. The number of tetrazole rings is 1. The number of carbonyl (C=O) groups excluding carboxylic acids is 1. The molecule has 1 aromatic heterocycles. The first-order valence-corrected chi connectivity index (χ1v) is 8.10. The monoisotopic (exact) mass is 366 g/mol. The lowest BCUT2D eigenvalue weighted by Gasteiger charge is -2.09. The molecule has 9 heteroatoms. The van der Waals surface area contributed by atoms with Crippen molar-refractivity contribution in [2.45, 2.75) is 6.92 Å². The molecule has 0 radical (unpaired) electrons. The first-order chi connectivity index (χ1) is 13.2. The number of hydrazone groups is 1. The van der Waals surface area contributed by atoms with Crippen LogP contribution in [-0.4, -0.2) is 45.5 Å². The van der Waals surface area contributed by atoms with E-state index >= 15 is 0 Å². The second-order valence-electron chi connectivity index (χ2n) is 5.48. The Kier molecular flexibility index (Phi) is 5.73. The normalized spacial score (nSPS) is 11.1. The Morgan fingerprint density at radius 2 is 2.00 bits per heavy atom. The number of hydrogen-bond donors (Lipinski definition) is 1. The number of carbonyl (C=O) groups is 1. The van der Waals surface area contributed by atoms with E-state index in [2.05, 4.69) is 26.1 Å². The maximum Gasteiger partial charge on any atom is 0.277 e. The van der Waals surface area contributed by atoms with Gasteiger partial charge in [0, 0.05) is 0 Å². The summed E-state index contributed by atoms with van der Waals surface area (Å²) in [5.74, 6) is 0.672. The zero-order chi connectivity index (χ0) is 19.1. The zero-order valence-electron chi connectivity index (χ0n) is 14.9. The predicted molar refractivity (Wildman–Crippen MR) is 98.0 cm³/mol. The highest BCUT2D eigenvalue weighted by molar-refractivity contribution is 5.99. The van der Waals surface area contributed by atoms with Crippen LogP contribution in [0.2, 0.25) is 0 Å². The van der Waals surface area contributed by atoms with Gasteiger partial charge in [-0.15, -0.1) is 5.10 Å². The van der Waals surface area contributed by atoms with Crippen LogP contribution in [-0.2, 0) is 4.79 Å². The molecule has 0 atom stereocenters. The van der Waals surface area contributed by atoms with Crippen LogP contribution in [0, 0.1) is 0 Å². The molecule has 0 bridgehead atoms. The van der Waals surface area contributed by atoms with Gasteiger partial charge in [-0.05, 0) is 47.2 Å². The molecule has 0 fully saturated rings. The van der Waals surface area contributed by atoms with Gasteiger partial charge in [0.2, 0.25) is 0 Å². The molecule has 0 saturated carbocycles. The fraction of sp³-hybridized carbons (Fsp3) is 0.167. The molecule has 0 aliphatic heterocycles. The van der Waals surface area contributed by atoms with E-state index in [0.29, 0.717) is 17.2 Å². The van der Waals surface area contributed by atoms with E-state index in [9.17, 15) is 4.79 Å². The van der Waals surface area contributed by atoms with Crippen LogP contribution in [0.4, 0.5) is 0 Å². The third-order valence-electron chi connectivity index (χ3n) is 3.65. The molecule has 2 aromatic carbocycles. The first kappa shape index (κ1) is 18.1. The van der Waals surface area contributed by atoms with Crippen molar-refractivity contribution >= 4 is 11.6 Å². The van der Waals surface area contributed by atoms with Gasteiger partial charge in [0.15, 0.2) is 18.1 Å². The number of methoxy groups -OCH3 is 1. The van der Waals surface area contributed by atoms with E-state index < -0.39 is 0 Å². The van der Waals surface area contributed by atoms with Crippen molar-refractivity contribution < 1.29 is 14.3 Å². The highest BCUT2D eigenvalue weighted by atomic mass is 16.5. The smallest absolute Gasteiger partial charge is 0.277 e. The number of rotatable bonds is 7. The Labute approximate surface area is 155 Å². The van der Waals surface area contributed by atoms with Crippen LogP contribution >= 0.6 is 0 Å². The van der Waals surface area contributed by atoms with Gasteiger partial charge >= 0.3 is 0 Å². The molecule has 3 aromatic rings. The number of ether oxygens (including phenoxy) is 2. The molecular formula is C18H18N6O3. The van der Waals surface area contributed by atoms with Crippen molar-refractivity contribution in [3.63, 3.8) is 0 Å². The minimum atomic E-state index is -0.378. The standard InChI is InChI=1S/C18H18N6O3/c1-13(14-6-5-7-15(10-14)24-12-19-22-23-24)20-21-18(25)11-27-17-9-4-3-8-16(17)26-2/h3-10,12H,11H2,1-2H3,(H,21,25)/b20-13-. The molecular weight excluding hydrogens is 348 g/mol. The molecule has 9 nitrogen and oxygen atoms in total. The van der Waals surface area contributed by atoms with Crippen LogP contribution in [0.15, 0.2) is 60.0 Å². The van der Waals surface area contributed by atoms with Crippen LogP contribution in [0.5, 0.6) is 11.5 Å². The molecule has 27 heavy (non-hydrogen) atoms. The van der Waals surface area contributed by atoms with Crippen molar-refractivity contribution in [3.8, 4) is 17.2 Å². The Hall–Kier alpha value is -3.75. The van der Waals surface area contributed by atoms with Crippen molar-refractivity contribution in [3.05, 3.63) is 60.4 Å². The van der Waals surface area contributed by atoms with Crippen LogP contribution in [0.3, 0.4) is 0 Å². The number of benzene rings is 2. The summed E-state index contributed by atoms with van der Waals surface area (Å²) in [5.41, 5.74) is 4.73. The van der Waals surface area contributed by atoms with E-state index in [1.165, 1.54) is 11.0 Å². The van der Waals surface area contributed by atoms with Crippen molar-refractivity contribution in [1.29, 1.82) is 0 Å². The second-order valence-corrected chi connectivity index (χ2v) is 5.48. The molecule has 0 spiro atoms. The van der Waals surface area contributed by atoms with E-state index in [1.807, 2.05) is 30.3 Å². The number of amides is 1. The third-order valence-corrected chi connectivity index (χ3v) is 3.65. The molecule has 1 amide bonds. The third kappa shape index (κ3) is 4.66. The number of nitrogens with zero attached hydrogens (tertiary/aromatic N) is 5. The fourth-order valence-electron chi connectivity index (χ4n) is 2.28. The molecule has 0 aliphatic carbocycles. The van der Waals surface area contributed by atoms with E-state index in [0.717, 1.165) is 11.3 Å². The Morgan fingerprint density at radius 1 is 1.19 bits per heavy atom. The van der Waals surface area contributed by atoms with E-state index in [4.69, 9.17) is 9.47 Å². The summed E-state index contributed by atoms with van der Waals surface area (Å²) in [6, 6.07) is 14.6. The van der Waals surface area contributed by atoms with Gasteiger partial charge in [0.25, 0.3) is 5.91 Å². The largest absolute Gasteiger partial charge is 0.493 e. The van der Waals surface area contributed by atoms with Gasteiger partial charge in [-0.1, -0.05) is 24.3 Å². The van der Waals surface area contributed by atoms with Crippen LogP contribution < -0.4 is 14.9 Å². The predicted octanol–water partition coefficient (Wildman–Crippen LogP) is 1.59. The van der Waals surface area contributed by atoms with Crippen molar-refractivity contribution in [2.75, 3.05) is 13.7 Å². The van der Waals surface area contributed by atoms with Gasteiger partial charge in [0.05, 0.1) is 18.5 Å². The van der Waals surface area contributed by atoms with Gasteiger partial charge in [-0.2, -0.15) is 5.10 Å². The van der Waals surface area contributed by atoms with E-state index in [-0.39, 0.29) is 12.5 Å². The average Bonchev–Trinajstić information content (AvgIpc) is 3.25. The molecule has 0 saturated heterocycles. The van der Waals surface area contributed by atoms with E-state index in [1.54, 1.807) is 32.2 Å². The number of nitrogens with one attached hydrogen (secondary N) is 1. The number of para-hydroxylation sites is 2. The molecule has 138 valence electrons. The average molecular weight is 366 g/mol. The summed E-state index contributed by atoms with van der Waals surface area (Å²) in [7, 11) is 1.54. The highest BCUT2D eigenvalue weighted by Crippen LogP contribution is 2.25. The van der Waals surface area contributed by atoms with Gasteiger partial charge in [-0.3, -0.25) is 4.79 Å². The SMILES string of the molecule is COc1ccccc1OCC(=O)N/N=C(/C)c1cccc(-n2cnnn2)c1. The van der Waals surface area contributed by atoms with Gasteiger partial charge in [0.1, 0.15) is 6.33 Å². The van der Waals surface area contributed by atoms with Crippen molar-refractivity contribution in [1.82, 2.24) is 25.6 Å². The minimum absolute atomic E-state index is 0.179. The van der Waals surface area contributed by atoms with Gasteiger partial charge in [-0.25, -0.2) is 10.1 Å². The first-order valence-electron chi connectivity index (χ1n) is 8.10. The van der Waals surface area contributed by atoms with Crippen LogP contribution in [0.25, 0.3) is 5.69 Å². The summed E-state index contributed by atoms with van der Waals surface area (Å²) >= 11 is 0. The topological polar surface area (TPSA) is 104 Å². The lowest BCUT2D eigenvalue weighted by atomic mass is 10.1. The maximum absolute atomic E-state index is 12.0. The fourth-order valence-corrected chi connectivity index (χ4v) is 2.28. The summed E-state index contributed by atoms with van der Waals surface area (Å²) in [6.45, 7) is 1.61. The Balaban J connectivity index is 1.60. The summed E-state index contributed by atoms with van der Waals surface area (Å²) in [4.78, 5) is 12.0. The quantitative estimate of drug-likeness (QED) is 0.503. The molecule has 3 rings (SSSR count). The number of aromatic nitrogens is 4. The maximum atomic E-state index is 12.0. The Bertz CT molecular complexity index is 940. The zero-order valence-corrected chi connectivity index (χ0v) is 14.9. The molecule has 0 aliphatic rings. The highest BCUT2D eigenvalue weighted by Gasteiger charge is 2.07. The molecule has 0 unspecified atom stereocenters. The van der Waals surface area contributed by atoms with Gasteiger partial charge < -0.3 is 9.47 Å². The summed E-state index contributed by atoms with van der Waals surface area (Å²) in [5, 5.41) is 15.2. The summed E-state index contributed by atoms with van der Waals surface area (Å²) < 4.78 is 12.2. The molecule has 1 N–H and O–H groups in total. The summed E-state index contributed by atoms with van der Waals surface area (Å²) in [6.07, 6.45) is 1.50. The Morgan fingerprint density at radius 3 is 2.74 bits per heavy atom. The molecule has 1 heterocycles. The van der Waals surface area contributed by atoms with Crippen LogP contribution in [0.1, 0.15) is 12.5 Å². The van der Waals surface area contributed by atoms with Crippen molar-refractivity contribution in [2.24, 2.45) is 5.10 Å². The minimum Gasteiger partial charge on any atom is -0.493 e. The lowest BCUT2D eigenvalue weighted by Crippen LogP contribution is -2.25. The lowest BCUT2D eigenvalue weighted by molar-refractivity contribution is -0.123.